The molecule has 1 aliphatic heterocycles. The maximum atomic E-state index is 12.9. The highest BCUT2D eigenvalue weighted by Crippen LogP contribution is 2.36. The number of fused-ring (bicyclic) bond motifs is 3. The van der Waals surface area contributed by atoms with E-state index >= 15 is 0 Å². The highest BCUT2D eigenvalue weighted by Gasteiger charge is 2.23. The number of amides is 2. The van der Waals surface area contributed by atoms with Crippen LogP contribution in [0.1, 0.15) is 0 Å². The first-order chi connectivity index (χ1) is 15.1. The second-order valence-electron chi connectivity index (χ2n) is 7.57. The Kier molecular flexibility index (Phi) is 4.78. The van der Waals surface area contributed by atoms with Crippen LogP contribution < -0.4 is 15.0 Å². The second kappa shape index (κ2) is 7.75. The number of phenolic OH excluding ortho intramolecular Hbond substituents is 1. The van der Waals surface area contributed by atoms with Gasteiger partial charge in [-0.2, -0.15) is 0 Å². The Balaban J connectivity index is 1.32. The summed E-state index contributed by atoms with van der Waals surface area (Å²) in [6.45, 7) is 2.54. The lowest BCUT2D eigenvalue weighted by Crippen LogP contribution is -2.50. The predicted octanol–water partition coefficient (Wildman–Crippen LogP) is 4.65. The average molecular weight is 417 g/mol. The molecule has 0 aliphatic carbocycles. The summed E-state index contributed by atoms with van der Waals surface area (Å²) in [5.74, 6) is 0.830. The first-order valence-electron chi connectivity index (χ1n) is 10.2. The maximum Gasteiger partial charge on any atom is 0.322 e. The summed E-state index contributed by atoms with van der Waals surface area (Å²) >= 11 is 0. The molecule has 3 aromatic carbocycles. The van der Waals surface area contributed by atoms with Crippen molar-refractivity contribution in [3.63, 3.8) is 0 Å². The fraction of sp³-hybridized carbons (Fsp3) is 0.208. The van der Waals surface area contributed by atoms with Crippen molar-refractivity contribution in [2.75, 3.05) is 43.5 Å². The van der Waals surface area contributed by atoms with Crippen molar-refractivity contribution in [3.05, 3.63) is 60.7 Å². The van der Waals surface area contributed by atoms with E-state index < -0.39 is 0 Å². The van der Waals surface area contributed by atoms with Crippen molar-refractivity contribution in [1.82, 2.24) is 4.90 Å². The Bertz CT molecular complexity index is 1260. The van der Waals surface area contributed by atoms with Gasteiger partial charge < -0.3 is 29.4 Å². The number of carbonyl (C=O) groups excluding carboxylic acids is 1. The van der Waals surface area contributed by atoms with Crippen LogP contribution in [0.15, 0.2) is 65.1 Å². The third-order valence-corrected chi connectivity index (χ3v) is 5.70. The number of nitrogens with zero attached hydrogens (tertiary/aromatic N) is 2. The fourth-order valence-corrected chi connectivity index (χ4v) is 4.07. The van der Waals surface area contributed by atoms with Gasteiger partial charge in [0.05, 0.1) is 12.8 Å². The van der Waals surface area contributed by atoms with E-state index in [9.17, 15) is 9.90 Å². The molecule has 7 heteroatoms. The molecule has 1 fully saturated rings. The molecule has 0 atom stereocenters. The van der Waals surface area contributed by atoms with Gasteiger partial charge in [-0.05, 0) is 24.3 Å². The lowest BCUT2D eigenvalue weighted by Gasteiger charge is -2.36. The Labute approximate surface area is 179 Å². The van der Waals surface area contributed by atoms with E-state index in [1.165, 1.54) is 0 Å². The molecule has 2 amide bonds. The van der Waals surface area contributed by atoms with Crippen molar-refractivity contribution < 1.29 is 19.1 Å². The summed E-state index contributed by atoms with van der Waals surface area (Å²) in [6, 6.07) is 18.5. The monoisotopic (exact) mass is 417 g/mol. The molecule has 2 N–H and O–H groups in total. The van der Waals surface area contributed by atoms with Crippen LogP contribution in [-0.2, 0) is 0 Å². The molecule has 7 nitrogen and oxygen atoms in total. The number of phenols is 1. The van der Waals surface area contributed by atoms with Crippen LogP contribution >= 0.6 is 0 Å². The third kappa shape index (κ3) is 3.59. The van der Waals surface area contributed by atoms with Gasteiger partial charge in [0.1, 0.15) is 22.7 Å². The number of urea groups is 1. The summed E-state index contributed by atoms with van der Waals surface area (Å²) in [4.78, 5) is 16.8. The number of furan rings is 1. The van der Waals surface area contributed by atoms with Crippen molar-refractivity contribution in [2.24, 2.45) is 0 Å². The van der Waals surface area contributed by atoms with Gasteiger partial charge in [0.2, 0.25) is 0 Å². The van der Waals surface area contributed by atoms with Gasteiger partial charge in [-0.25, -0.2) is 4.79 Å². The van der Waals surface area contributed by atoms with E-state index in [1.54, 1.807) is 24.1 Å². The van der Waals surface area contributed by atoms with E-state index in [0.717, 1.165) is 22.0 Å². The number of benzene rings is 3. The molecule has 0 spiro atoms. The minimum Gasteiger partial charge on any atom is -0.508 e. The molecular formula is C24H23N3O4. The first kappa shape index (κ1) is 19.1. The zero-order valence-corrected chi connectivity index (χ0v) is 17.2. The highest BCUT2D eigenvalue weighted by molar-refractivity contribution is 6.07. The number of para-hydroxylation sites is 1. The summed E-state index contributed by atoms with van der Waals surface area (Å²) < 4.78 is 11.5. The number of hydrogen-bond donors (Lipinski definition) is 2. The molecule has 0 unspecified atom stereocenters. The van der Waals surface area contributed by atoms with Gasteiger partial charge in [0.15, 0.2) is 0 Å². The average Bonchev–Trinajstić information content (AvgIpc) is 3.16. The van der Waals surface area contributed by atoms with E-state index in [2.05, 4.69) is 10.2 Å². The molecule has 0 saturated carbocycles. The van der Waals surface area contributed by atoms with E-state index in [1.807, 2.05) is 48.5 Å². The van der Waals surface area contributed by atoms with Gasteiger partial charge in [-0.15, -0.1) is 0 Å². The maximum absolute atomic E-state index is 12.9. The summed E-state index contributed by atoms with van der Waals surface area (Å²) in [5, 5.41) is 14.6. The van der Waals surface area contributed by atoms with Gasteiger partial charge in [-0.1, -0.05) is 24.3 Å². The van der Waals surface area contributed by atoms with Crippen LogP contribution in [0.5, 0.6) is 11.5 Å². The van der Waals surface area contributed by atoms with Crippen LogP contribution in [0.3, 0.4) is 0 Å². The number of ether oxygens (including phenoxy) is 1. The van der Waals surface area contributed by atoms with Crippen LogP contribution in [0.25, 0.3) is 21.9 Å². The van der Waals surface area contributed by atoms with Crippen LogP contribution in [0, 0.1) is 0 Å². The van der Waals surface area contributed by atoms with E-state index in [0.29, 0.717) is 43.2 Å². The van der Waals surface area contributed by atoms with Crippen LogP contribution in [-0.4, -0.2) is 49.3 Å². The molecule has 31 heavy (non-hydrogen) atoms. The standard InChI is InChI=1S/C24H23N3O4/c1-30-23-14-19-18-7-2-3-8-21(18)31-22(19)15-20(23)25-24(29)27-11-9-26(10-12-27)16-5-4-6-17(28)13-16/h2-8,13-15,28H,9-12H2,1H3,(H,25,29). The van der Waals surface area contributed by atoms with Gasteiger partial charge in [-0.3, -0.25) is 0 Å². The molecule has 1 aliphatic rings. The van der Waals surface area contributed by atoms with E-state index in [4.69, 9.17) is 9.15 Å². The zero-order valence-electron chi connectivity index (χ0n) is 17.2. The van der Waals surface area contributed by atoms with E-state index in [-0.39, 0.29) is 11.8 Å². The lowest BCUT2D eigenvalue weighted by molar-refractivity contribution is 0.208. The van der Waals surface area contributed by atoms with Gasteiger partial charge >= 0.3 is 6.03 Å². The Morgan fingerprint density at radius 1 is 0.968 bits per heavy atom. The number of nitrogens with one attached hydrogen (secondary N) is 1. The second-order valence-corrected chi connectivity index (χ2v) is 7.57. The first-order valence-corrected chi connectivity index (χ1v) is 10.2. The molecule has 5 rings (SSSR count). The molecule has 0 bridgehead atoms. The zero-order chi connectivity index (χ0) is 21.4. The number of carbonyl (C=O) groups is 1. The number of piperazine rings is 1. The molecule has 158 valence electrons. The summed E-state index contributed by atoms with van der Waals surface area (Å²) in [5.41, 5.74) is 3.03. The number of aromatic hydroxyl groups is 1. The quantitative estimate of drug-likeness (QED) is 0.507. The normalized spacial score (nSPS) is 14.2. The molecule has 0 radical (unpaired) electrons. The van der Waals surface area contributed by atoms with Gasteiger partial charge in [0, 0.05) is 54.8 Å². The summed E-state index contributed by atoms with van der Waals surface area (Å²) in [7, 11) is 1.59. The number of hydrogen-bond acceptors (Lipinski definition) is 5. The molecule has 1 saturated heterocycles. The van der Waals surface area contributed by atoms with Crippen molar-refractivity contribution in [1.29, 1.82) is 0 Å². The minimum atomic E-state index is -0.177. The van der Waals surface area contributed by atoms with Crippen LogP contribution in [0.2, 0.25) is 0 Å². The molecule has 4 aromatic rings. The van der Waals surface area contributed by atoms with Crippen molar-refractivity contribution in [2.45, 2.75) is 0 Å². The topological polar surface area (TPSA) is 78.2 Å². The molecule has 1 aromatic heterocycles. The minimum absolute atomic E-state index is 0.177. The Morgan fingerprint density at radius 2 is 1.77 bits per heavy atom. The fourth-order valence-electron chi connectivity index (χ4n) is 4.07. The largest absolute Gasteiger partial charge is 0.508 e. The SMILES string of the molecule is COc1cc2c(cc1NC(=O)N1CCN(c3cccc(O)c3)CC1)oc1ccccc12. The lowest BCUT2D eigenvalue weighted by atomic mass is 10.1. The van der Waals surface area contributed by atoms with Crippen molar-refractivity contribution in [3.8, 4) is 11.5 Å². The smallest absolute Gasteiger partial charge is 0.322 e. The summed E-state index contributed by atoms with van der Waals surface area (Å²) in [6.07, 6.45) is 0. The predicted molar refractivity (Wildman–Crippen MR) is 121 cm³/mol. The molecule has 2 heterocycles. The number of methoxy groups -OCH3 is 1. The van der Waals surface area contributed by atoms with Crippen LogP contribution in [0.4, 0.5) is 16.2 Å². The highest BCUT2D eigenvalue weighted by atomic mass is 16.5. The van der Waals surface area contributed by atoms with Gasteiger partial charge in [0.25, 0.3) is 0 Å². The number of rotatable bonds is 3. The third-order valence-electron chi connectivity index (χ3n) is 5.70. The van der Waals surface area contributed by atoms with Crippen molar-refractivity contribution >= 4 is 39.3 Å². The Hall–Kier alpha value is -3.87. The number of anilines is 2. The molecular weight excluding hydrogens is 394 g/mol. The Morgan fingerprint density at radius 3 is 2.55 bits per heavy atom.